The molecule has 0 heterocycles. The molecule has 0 aliphatic rings. The zero-order valence-corrected chi connectivity index (χ0v) is 5.18. The van der Waals surface area contributed by atoms with E-state index in [9.17, 15) is 4.79 Å². The molecule has 0 aromatic rings. The van der Waals surface area contributed by atoms with Gasteiger partial charge in [-0.3, -0.25) is 0 Å². The van der Waals surface area contributed by atoms with E-state index in [2.05, 4.69) is 16.6 Å². The van der Waals surface area contributed by atoms with Crippen molar-refractivity contribution in [3.05, 3.63) is 0 Å². The van der Waals surface area contributed by atoms with Crippen molar-refractivity contribution in [3.8, 4) is 11.8 Å². The summed E-state index contributed by atoms with van der Waals surface area (Å²) < 4.78 is 4.56. The normalized spacial score (nSPS) is 7.67. The van der Waals surface area contributed by atoms with Crippen LogP contribution in [0.4, 0.5) is 0 Å². The SMILES string of the molecule is CC#CCOCC(=O)O. The fraction of sp³-hybridized carbons (Fsp3) is 0.500. The Hall–Kier alpha value is -1.01. The van der Waals surface area contributed by atoms with Crippen LogP contribution in [-0.4, -0.2) is 24.3 Å². The van der Waals surface area contributed by atoms with Crippen molar-refractivity contribution in [3.63, 3.8) is 0 Å². The number of hydrogen-bond donors (Lipinski definition) is 1. The van der Waals surface area contributed by atoms with Crippen LogP contribution in [0.5, 0.6) is 0 Å². The van der Waals surface area contributed by atoms with Crippen molar-refractivity contribution in [2.24, 2.45) is 0 Å². The maximum absolute atomic E-state index is 9.79. The van der Waals surface area contributed by atoms with Crippen LogP contribution in [0.1, 0.15) is 6.92 Å². The Bertz CT molecular complexity index is 140. The van der Waals surface area contributed by atoms with E-state index in [4.69, 9.17) is 5.11 Å². The molecule has 0 rings (SSSR count). The Labute approximate surface area is 53.6 Å². The molecular weight excluding hydrogens is 120 g/mol. The number of carboxylic acid groups (broad SMARTS) is 1. The van der Waals surface area contributed by atoms with Gasteiger partial charge in [-0.2, -0.15) is 0 Å². The summed E-state index contributed by atoms with van der Waals surface area (Å²) in [6, 6.07) is 0. The molecule has 3 heteroatoms. The molecule has 0 atom stereocenters. The van der Waals surface area contributed by atoms with Gasteiger partial charge in [0.25, 0.3) is 0 Å². The van der Waals surface area contributed by atoms with E-state index >= 15 is 0 Å². The first-order chi connectivity index (χ1) is 4.27. The number of carboxylic acids is 1. The lowest BCUT2D eigenvalue weighted by molar-refractivity contribution is -0.141. The highest BCUT2D eigenvalue weighted by molar-refractivity contribution is 5.68. The third kappa shape index (κ3) is 6.99. The summed E-state index contributed by atoms with van der Waals surface area (Å²) in [5, 5.41) is 8.04. The van der Waals surface area contributed by atoms with Crippen molar-refractivity contribution in [1.29, 1.82) is 0 Å². The van der Waals surface area contributed by atoms with Crippen LogP contribution >= 0.6 is 0 Å². The van der Waals surface area contributed by atoms with Crippen LogP contribution < -0.4 is 0 Å². The molecule has 0 aromatic heterocycles. The Morgan fingerprint density at radius 3 is 2.89 bits per heavy atom. The van der Waals surface area contributed by atoms with Crippen LogP contribution in [0.25, 0.3) is 0 Å². The van der Waals surface area contributed by atoms with Crippen molar-refractivity contribution >= 4 is 5.97 Å². The van der Waals surface area contributed by atoms with Gasteiger partial charge in [0, 0.05) is 0 Å². The standard InChI is InChI=1S/C6H8O3/c1-2-3-4-9-5-6(7)8/h4-5H2,1H3,(H,7,8). The number of rotatable bonds is 3. The summed E-state index contributed by atoms with van der Waals surface area (Å²) in [5.74, 6) is 4.18. The highest BCUT2D eigenvalue weighted by atomic mass is 16.5. The van der Waals surface area contributed by atoms with Crippen molar-refractivity contribution < 1.29 is 14.6 Å². The van der Waals surface area contributed by atoms with E-state index in [0.29, 0.717) is 0 Å². The van der Waals surface area contributed by atoms with E-state index in [1.165, 1.54) is 0 Å². The fourth-order valence-corrected chi connectivity index (χ4v) is 0.262. The van der Waals surface area contributed by atoms with Gasteiger partial charge in [0.05, 0.1) is 0 Å². The molecule has 0 aliphatic carbocycles. The van der Waals surface area contributed by atoms with Crippen molar-refractivity contribution in [2.75, 3.05) is 13.2 Å². The molecule has 0 fully saturated rings. The summed E-state index contributed by atoms with van der Waals surface area (Å²) in [5.41, 5.74) is 0. The monoisotopic (exact) mass is 128 g/mol. The number of carbonyl (C=O) groups is 1. The Kier molecular flexibility index (Phi) is 4.56. The van der Waals surface area contributed by atoms with Crippen LogP contribution in [0.15, 0.2) is 0 Å². The van der Waals surface area contributed by atoms with Gasteiger partial charge < -0.3 is 9.84 Å². The summed E-state index contributed by atoms with van der Waals surface area (Å²) >= 11 is 0. The zero-order valence-electron chi connectivity index (χ0n) is 5.18. The van der Waals surface area contributed by atoms with Gasteiger partial charge in [0.1, 0.15) is 13.2 Å². The Morgan fingerprint density at radius 2 is 2.44 bits per heavy atom. The molecule has 9 heavy (non-hydrogen) atoms. The van der Waals surface area contributed by atoms with Crippen LogP contribution in [0.2, 0.25) is 0 Å². The molecule has 0 unspecified atom stereocenters. The second kappa shape index (κ2) is 5.13. The first-order valence-electron chi connectivity index (χ1n) is 2.46. The number of ether oxygens (including phenoxy) is 1. The van der Waals surface area contributed by atoms with E-state index in [0.717, 1.165) is 0 Å². The molecular formula is C6H8O3. The second-order valence-electron chi connectivity index (χ2n) is 1.31. The summed E-state index contributed by atoms with van der Waals surface area (Å²) in [6.07, 6.45) is 0. The molecule has 0 bridgehead atoms. The molecule has 0 amide bonds. The largest absolute Gasteiger partial charge is 0.480 e. The first kappa shape index (κ1) is 7.99. The van der Waals surface area contributed by atoms with Gasteiger partial charge in [-0.05, 0) is 6.92 Å². The molecule has 1 N–H and O–H groups in total. The smallest absolute Gasteiger partial charge is 0.329 e. The highest BCUT2D eigenvalue weighted by Gasteiger charge is 1.91. The predicted molar refractivity (Wildman–Crippen MR) is 31.9 cm³/mol. The maximum atomic E-state index is 9.79. The minimum absolute atomic E-state index is 0.197. The van der Waals surface area contributed by atoms with E-state index in [-0.39, 0.29) is 13.2 Å². The number of hydrogen-bond acceptors (Lipinski definition) is 2. The molecule has 0 aliphatic heterocycles. The van der Waals surface area contributed by atoms with Gasteiger partial charge in [-0.15, -0.1) is 5.92 Å². The maximum Gasteiger partial charge on any atom is 0.329 e. The molecule has 0 aromatic carbocycles. The molecule has 0 saturated carbocycles. The van der Waals surface area contributed by atoms with Gasteiger partial charge in [-0.1, -0.05) is 5.92 Å². The summed E-state index contributed by atoms with van der Waals surface area (Å²) in [6.45, 7) is 1.60. The molecule has 3 nitrogen and oxygen atoms in total. The summed E-state index contributed by atoms with van der Waals surface area (Å²) in [7, 11) is 0. The average molecular weight is 128 g/mol. The third-order valence-corrected chi connectivity index (χ3v) is 0.577. The minimum Gasteiger partial charge on any atom is -0.480 e. The first-order valence-corrected chi connectivity index (χ1v) is 2.46. The van der Waals surface area contributed by atoms with Crippen LogP contribution in [-0.2, 0) is 9.53 Å². The van der Waals surface area contributed by atoms with Gasteiger partial charge in [0.15, 0.2) is 0 Å². The Morgan fingerprint density at radius 1 is 1.78 bits per heavy atom. The lowest BCUT2D eigenvalue weighted by Crippen LogP contribution is -2.06. The van der Waals surface area contributed by atoms with Crippen molar-refractivity contribution in [1.82, 2.24) is 0 Å². The molecule has 0 spiro atoms. The lowest BCUT2D eigenvalue weighted by Gasteiger charge is -1.90. The number of aliphatic carboxylic acids is 1. The zero-order chi connectivity index (χ0) is 7.11. The van der Waals surface area contributed by atoms with Crippen molar-refractivity contribution in [2.45, 2.75) is 6.92 Å². The van der Waals surface area contributed by atoms with Gasteiger partial charge in [-0.25, -0.2) is 4.79 Å². The Balaban J connectivity index is 3.07. The predicted octanol–water partition coefficient (Wildman–Crippen LogP) is 0.111. The van der Waals surface area contributed by atoms with E-state index < -0.39 is 5.97 Å². The topological polar surface area (TPSA) is 46.5 Å². The van der Waals surface area contributed by atoms with Gasteiger partial charge in [0.2, 0.25) is 0 Å². The fourth-order valence-electron chi connectivity index (χ4n) is 0.262. The van der Waals surface area contributed by atoms with Gasteiger partial charge >= 0.3 is 5.97 Å². The average Bonchev–Trinajstić information content (AvgIpc) is 1.80. The molecule has 0 saturated heterocycles. The second-order valence-corrected chi connectivity index (χ2v) is 1.31. The van der Waals surface area contributed by atoms with E-state index in [1.54, 1.807) is 6.92 Å². The van der Waals surface area contributed by atoms with E-state index in [1.807, 2.05) is 0 Å². The summed E-state index contributed by atoms with van der Waals surface area (Å²) in [4.78, 5) is 9.79. The molecule has 0 radical (unpaired) electrons. The third-order valence-electron chi connectivity index (χ3n) is 0.577. The lowest BCUT2D eigenvalue weighted by atomic mass is 10.6. The highest BCUT2D eigenvalue weighted by Crippen LogP contribution is 1.71. The minimum atomic E-state index is -0.965. The van der Waals surface area contributed by atoms with Crippen LogP contribution in [0.3, 0.4) is 0 Å². The quantitative estimate of drug-likeness (QED) is 0.433. The van der Waals surface area contributed by atoms with Crippen LogP contribution in [0, 0.1) is 11.8 Å². The molecule has 50 valence electrons.